The Morgan fingerprint density at radius 3 is 2.43 bits per heavy atom. The van der Waals surface area contributed by atoms with Crippen LogP contribution in [0.25, 0.3) is 0 Å². The standard InChI is InChI=1S/C14H18N4O2.C5H9NO2.C2H6/c1-9-6-11(20-18-9)7-14(19)15-13-8-12(16-17-13)10-4-2-3-5-10;1-5(2-3-5)6-4(7)8;1-2/h6,8,10H,2-5,7H2,1H3,(H2,15,16,17,19);6H,2-3H2,1H3,(H,7,8);1-2H3. The summed E-state index contributed by atoms with van der Waals surface area (Å²) in [5, 5.41) is 24.3. The fraction of sp³-hybridized carbons (Fsp3) is 0.619. The molecule has 0 radical (unpaired) electrons. The van der Waals surface area contributed by atoms with Gasteiger partial charge in [-0.2, -0.15) is 5.10 Å². The molecule has 2 aromatic rings. The molecule has 9 nitrogen and oxygen atoms in total. The number of aromatic nitrogens is 3. The zero-order valence-corrected chi connectivity index (χ0v) is 18.2. The smallest absolute Gasteiger partial charge is 0.405 e. The van der Waals surface area contributed by atoms with Crippen LogP contribution in [0.3, 0.4) is 0 Å². The number of carboxylic acid groups (broad SMARTS) is 1. The highest BCUT2D eigenvalue weighted by Gasteiger charge is 2.38. The van der Waals surface area contributed by atoms with Crippen molar-refractivity contribution >= 4 is 17.8 Å². The third kappa shape index (κ3) is 7.53. The average Bonchev–Trinajstić information content (AvgIpc) is 3.16. The average molecular weight is 420 g/mol. The van der Waals surface area contributed by atoms with Crippen LogP contribution in [0.2, 0.25) is 0 Å². The van der Waals surface area contributed by atoms with E-state index in [1.165, 1.54) is 25.7 Å². The highest BCUT2D eigenvalue weighted by molar-refractivity contribution is 5.91. The molecule has 9 heteroatoms. The maximum Gasteiger partial charge on any atom is 0.405 e. The summed E-state index contributed by atoms with van der Waals surface area (Å²) in [4.78, 5) is 21.8. The first-order valence-corrected chi connectivity index (χ1v) is 10.6. The molecule has 0 aromatic carbocycles. The van der Waals surface area contributed by atoms with Crippen LogP contribution >= 0.6 is 0 Å². The van der Waals surface area contributed by atoms with Crippen molar-refractivity contribution in [2.24, 2.45) is 0 Å². The third-order valence-electron chi connectivity index (χ3n) is 5.08. The summed E-state index contributed by atoms with van der Waals surface area (Å²) in [7, 11) is 0. The van der Waals surface area contributed by atoms with Crippen molar-refractivity contribution < 1.29 is 19.2 Å². The number of H-pyrrole nitrogens is 1. The Kier molecular flexibility index (Phi) is 8.44. The van der Waals surface area contributed by atoms with Gasteiger partial charge in [0.1, 0.15) is 5.76 Å². The van der Waals surface area contributed by atoms with Crippen molar-refractivity contribution in [1.82, 2.24) is 20.7 Å². The zero-order chi connectivity index (χ0) is 22.1. The fourth-order valence-electron chi connectivity index (χ4n) is 3.26. The van der Waals surface area contributed by atoms with Gasteiger partial charge in [0.15, 0.2) is 5.82 Å². The minimum Gasteiger partial charge on any atom is -0.465 e. The van der Waals surface area contributed by atoms with E-state index in [2.05, 4.69) is 26.0 Å². The van der Waals surface area contributed by atoms with E-state index in [0.29, 0.717) is 17.5 Å². The lowest BCUT2D eigenvalue weighted by molar-refractivity contribution is -0.115. The normalized spacial score (nSPS) is 16.5. The van der Waals surface area contributed by atoms with Crippen LogP contribution in [-0.2, 0) is 11.2 Å². The fourth-order valence-corrected chi connectivity index (χ4v) is 3.26. The van der Waals surface area contributed by atoms with Gasteiger partial charge in [-0.3, -0.25) is 9.89 Å². The summed E-state index contributed by atoms with van der Waals surface area (Å²) in [6, 6.07) is 3.69. The van der Waals surface area contributed by atoms with Crippen LogP contribution in [-0.4, -0.2) is 38.0 Å². The molecule has 0 bridgehead atoms. The summed E-state index contributed by atoms with van der Waals surface area (Å²) in [5.74, 6) is 1.55. The van der Waals surface area contributed by atoms with E-state index < -0.39 is 6.09 Å². The molecule has 2 amide bonds. The Morgan fingerprint density at radius 2 is 1.93 bits per heavy atom. The topological polar surface area (TPSA) is 133 Å². The molecule has 2 fully saturated rings. The Bertz CT molecular complexity index is 819. The molecule has 2 heterocycles. The monoisotopic (exact) mass is 419 g/mol. The third-order valence-corrected chi connectivity index (χ3v) is 5.08. The molecule has 2 aromatic heterocycles. The number of carbonyl (C=O) groups excluding carboxylic acids is 1. The number of rotatable bonds is 5. The van der Waals surface area contributed by atoms with E-state index in [9.17, 15) is 9.59 Å². The van der Waals surface area contributed by atoms with E-state index in [4.69, 9.17) is 9.63 Å². The van der Waals surface area contributed by atoms with Gasteiger partial charge in [0.25, 0.3) is 0 Å². The summed E-state index contributed by atoms with van der Waals surface area (Å²) in [6.07, 6.45) is 6.18. The molecule has 2 aliphatic rings. The Morgan fingerprint density at radius 1 is 1.27 bits per heavy atom. The van der Waals surface area contributed by atoms with Gasteiger partial charge in [0.05, 0.1) is 12.1 Å². The zero-order valence-electron chi connectivity index (χ0n) is 18.2. The van der Waals surface area contributed by atoms with E-state index in [-0.39, 0.29) is 17.9 Å². The molecule has 2 aliphatic carbocycles. The van der Waals surface area contributed by atoms with E-state index in [1.807, 2.05) is 33.8 Å². The highest BCUT2D eigenvalue weighted by atomic mass is 16.5. The Hall–Kier alpha value is -2.84. The first-order chi connectivity index (χ1) is 14.3. The van der Waals surface area contributed by atoms with Gasteiger partial charge in [0, 0.05) is 29.3 Å². The lowest BCUT2D eigenvalue weighted by Crippen LogP contribution is -2.32. The SMILES string of the molecule is CC.CC1(NC(=O)O)CC1.Cc1cc(CC(=O)Nc2cc(C3CCCC3)[nH]n2)on1. The maximum absolute atomic E-state index is 11.9. The Balaban J connectivity index is 0.000000269. The second-order valence-electron chi connectivity index (χ2n) is 7.84. The molecule has 4 rings (SSSR count). The predicted molar refractivity (Wildman–Crippen MR) is 114 cm³/mol. The number of carbonyl (C=O) groups is 2. The van der Waals surface area contributed by atoms with Crippen molar-refractivity contribution in [2.45, 2.75) is 84.1 Å². The number of aryl methyl sites for hydroxylation is 1. The van der Waals surface area contributed by atoms with Gasteiger partial charge in [-0.25, -0.2) is 4.79 Å². The second kappa shape index (κ2) is 10.8. The summed E-state index contributed by atoms with van der Waals surface area (Å²) < 4.78 is 5.02. The molecule has 0 saturated heterocycles. The largest absolute Gasteiger partial charge is 0.465 e. The maximum atomic E-state index is 11.9. The van der Waals surface area contributed by atoms with Crippen LogP contribution in [0.1, 0.15) is 82.4 Å². The molecule has 0 aliphatic heterocycles. The van der Waals surface area contributed by atoms with Gasteiger partial charge in [-0.1, -0.05) is 31.8 Å². The quantitative estimate of drug-likeness (QED) is 0.568. The van der Waals surface area contributed by atoms with Crippen LogP contribution in [0.5, 0.6) is 0 Å². The van der Waals surface area contributed by atoms with E-state index in [0.717, 1.165) is 24.2 Å². The highest BCUT2D eigenvalue weighted by Crippen LogP contribution is 2.34. The number of nitrogens with zero attached hydrogens (tertiary/aromatic N) is 2. The van der Waals surface area contributed by atoms with Crippen LogP contribution in [0, 0.1) is 6.92 Å². The number of nitrogens with one attached hydrogen (secondary N) is 3. The summed E-state index contributed by atoms with van der Waals surface area (Å²) in [6.45, 7) is 7.73. The second-order valence-corrected chi connectivity index (χ2v) is 7.84. The van der Waals surface area contributed by atoms with Crippen molar-refractivity contribution in [3.8, 4) is 0 Å². The molecular formula is C21H33N5O4. The molecule has 0 unspecified atom stereocenters. The van der Waals surface area contributed by atoms with Crippen LogP contribution < -0.4 is 10.6 Å². The number of aromatic amines is 1. The van der Waals surface area contributed by atoms with Gasteiger partial charge in [-0.05, 0) is 39.5 Å². The number of hydrogen-bond acceptors (Lipinski definition) is 5. The molecule has 2 saturated carbocycles. The van der Waals surface area contributed by atoms with Crippen molar-refractivity contribution in [3.63, 3.8) is 0 Å². The van der Waals surface area contributed by atoms with E-state index >= 15 is 0 Å². The molecule has 0 atom stereocenters. The molecular weight excluding hydrogens is 386 g/mol. The van der Waals surface area contributed by atoms with Crippen LogP contribution in [0.15, 0.2) is 16.7 Å². The number of hydrogen-bond donors (Lipinski definition) is 4. The molecule has 0 spiro atoms. The molecule has 4 N–H and O–H groups in total. The van der Waals surface area contributed by atoms with Gasteiger partial charge >= 0.3 is 6.09 Å². The Labute approximate surface area is 177 Å². The summed E-state index contributed by atoms with van der Waals surface area (Å²) in [5.41, 5.74) is 1.82. The minimum atomic E-state index is -0.912. The van der Waals surface area contributed by atoms with Crippen LogP contribution in [0.4, 0.5) is 10.6 Å². The lowest BCUT2D eigenvalue weighted by Gasteiger charge is -2.04. The van der Waals surface area contributed by atoms with Crippen molar-refractivity contribution in [1.29, 1.82) is 0 Å². The number of anilines is 1. The summed E-state index contributed by atoms with van der Waals surface area (Å²) >= 11 is 0. The van der Waals surface area contributed by atoms with Gasteiger partial charge in [0.2, 0.25) is 5.91 Å². The van der Waals surface area contributed by atoms with Crippen molar-refractivity contribution in [3.05, 3.63) is 29.3 Å². The predicted octanol–water partition coefficient (Wildman–Crippen LogP) is 4.38. The van der Waals surface area contributed by atoms with Crippen molar-refractivity contribution in [2.75, 3.05) is 5.32 Å². The minimum absolute atomic E-state index is 0.0775. The van der Waals surface area contributed by atoms with E-state index in [1.54, 1.807) is 6.07 Å². The first kappa shape index (κ1) is 23.4. The van der Waals surface area contributed by atoms with Gasteiger partial charge in [-0.15, -0.1) is 0 Å². The molecule has 30 heavy (non-hydrogen) atoms. The number of amides is 2. The lowest BCUT2D eigenvalue weighted by atomic mass is 10.0. The molecule has 166 valence electrons. The van der Waals surface area contributed by atoms with Gasteiger partial charge < -0.3 is 20.3 Å². The first-order valence-electron chi connectivity index (χ1n) is 10.6.